The minimum absolute atomic E-state index is 0.0504. The van der Waals surface area contributed by atoms with Gasteiger partial charge in [0.1, 0.15) is 5.56 Å². The summed E-state index contributed by atoms with van der Waals surface area (Å²) in [6.07, 6.45) is 9.85. The zero-order chi connectivity index (χ0) is 21.1. The van der Waals surface area contributed by atoms with Crippen LogP contribution in [0.5, 0.6) is 5.88 Å². The molecular weight excluding hydrogens is 398 g/mol. The van der Waals surface area contributed by atoms with Crippen LogP contribution in [0.1, 0.15) is 93.7 Å². The van der Waals surface area contributed by atoms with Gasteiger partial charge in [0.15, 0.2) is 0 Å². The lowest BCUT2D eigenvalue weighted by molar-refractivity contribution is 0.271. The molecule has 30 heavy (non-hydrogen) atoms. The molecule has 4 rings (SSSR count). The Kier molecular flexibility index (Phi) is 6.56. The van der Waals surface area contributed by atoms with Crippen molar-refractivity contribution in [3.05, 3.63) is 48.8 Å². The van der Waals surface area contributed by atoms with E-state index in [1.165, 1.54) is 9.13 Å². The van der Waals surface area contributed by atoms with Crippen molar-refractivity contribution in [3.63, 3.8) is 0 Å². The topological polar surface area (TPSA) is 76.6 Å². The summed E-state index contributed by atoms with van der Waals surface area (Å²) >= 11 is 1.61. The van der Waals surface area contributed by atoms with Crippen LogP contribution < -0.4 is 11.2 Å². The molecule has 2 saturated carbocycles. The van der Waals surface area contributed by atoms with Crippen molar-refractivity contribution in [1.82, 2.24) is 9.13 Å². The molecule has 0 aromatic carbocycles. The van der Waals surface area contributed by atoms with Crippen LogP contribution in [0.2, 0.25) is 0 Å². The predicted molar refractivity (Wildman–Crippen MR) is 121 cm³/mol. The lowest BCUT2D eigenvalue weighted by Gasteiger charge is -2.29. The molecule has 0 amide bonds. The quantitative estimate of drug-likeness (QED) is 0.694. The van der Waals surface area contributed by atoms with E-state index in [4.69, 9.17) is 0 Å². The van der Waals surface area contributed by atoms with Crippen LogP contribution >= 0.6 is 11.3 Å². The van der Waals surface area contributed by atoms with Gasteiger partial charge in [-0.05, 0) is 44.1 Å². The van der Waals surface area contributed by atoms with Gasteiger partial charge >= 0.3 is 5.69 Å². The molecule has 2 aliphatic carbocycles. The molecule has 2 heterocycles. The van der Waals surface area contributed by atoms with Crippen LogP contribution in [-0.2, 0) is 6.54 Å². The smallest absolute Gasteiger partial charge is 0.334 e. The Morgan fingerprint density at radius 1 is 1.03 bits per heavy atom. The average molecular weight is 430 g/mol. The Morgan fingerprint density at radius 3 is 2.20 bits per heavy atom. The van der Waals surface area contributed by atoms with Crippen LogP contribution in [0.15, 0.2) is 32.1 Å². The van der Waals surface area contributed by atoms with Gasteiger partial charge in [0.2, 0.25) is 5.88 Å². The van der Waals surface area contributed by atoms with Crippen LogP contribution in [0.25, 0.3) is 0 Å². The molecule has 0 radical (unpaired) electrons. The maximum Gasteiger partial charge on any atom is 0.334 e. The second kappa shape index (κ2) is 9.33. The summed E-state index contributed by atoms with van der Waals surface area (Å²) in [5.41, 5.74) is -0.0303. The number of hydrogen-bond donors (Lipinski definition) is 1. The summed E-state index contributed by atoms with van der Waals surface area (Å²) in [5.74, 6) is -0.198. The first kappa shape index (κ1) is 21.1. The Balaban J connectivity index is 1.84. The minimum Gasteiger partial charge on any atom is -0.494 e. The van der Waals surface area contributed by atoms with Gasteiger partial charge in [-0.2, -0.15) is 0 Å². The molecule has 2 aliphatic rings. The van der Waals surface area contributed by atoms with E-state index in [1.807, 2.05) is 17.5 Å². The molecule has 0 aliphatic heterocycles. The first-order valence-corrected chi connectivity index (χ1v) is 12.1. The van der Waals surface area contributed by atoms with Crippen LogP contribution in [0.4, 0.5) is 0 Å². The Hall–Kier alpha value is -2.15. The Morgan fingerprint density at radius 2 is 1.63 bits per heavy atom. The third-order valence-corrected chi connectivity index (χ3v) is 7.45. The number of aromatic hydroxyl groups is 1. The zero-order valence-electron chi connectivity index (χ0n) is 17.7. The zero-order valence-corrected chi connectivity index (χ0v) is 18.5. The number of thiophene rings is 1. The molecule has 0 saturated heterocycles. The standard InChI is InChI=1S/C23H31N3O3S/c1-16(24-15-19-13-8-14-30-19)20-21(27)25(17-9-4-2-5-10-17)23(29)26(22(20)28)18-11-6-3-7-12-18/h8,13-14,17-18,27H,2-7,9-12,15H2,1H3. The van der Waals surface area contributed by atoms with Crippen molar-refractivity contribution in [2.45, 2.75) is 89.8 Å². The van der Waals surface area contributed by atoms with E-state index in [2.05, 4.69) is 4.99 Å². The molecule has 6 nitrogen and oxygen atoms in total. The van der Waals surface area contributed by atoms with Crippen molar-refractivity contribution in [2.24, 2.45) is 4.99 Å². The molecule has 2 aromatic rings. The first-order valence-electron chi connectivity index (χ1n) is 11.2. The largest absolute Gasteiger partial charge is 0.494 e. The van der Waals surface area contributed by atoms with E-state index in [1.54, 1.807) is 18.3 Å². The monoisotopic (exact) mass is 429 g/mol. The molecule has 1 N–H and O–H groups in total. The maximum absolute atomic E-state index is 13.5. The molecule has 162 valence electrons. The van der Waals surface area contributed by atoms with E-state index >= 15 is 0 Å². The fourth-order valence-corrected chi connectivity index (χ4v) is 5.58. The van der Waals surface area contributed by atoms with Crippen LogP contribution in [0, 0.1) is 0 Å². The highest BCUT2D eigenvalue weighted by Crippen LogP contribution is 2.32. The lowest BCUT2D eigenvalue weighted by Crippen LogP contribution is -2.46. The number of aliphatic imine (C=N–C) groups is 1. The van der Waals surface area contributed by atoms with Crippen molar-refractivity contribution in [1.29, 1.82) is 0 Å². The van der Waals surface area contributed by atoms with Gasteiger partial charge < -0.3 is 5.11 Å². The molecule has 0 bridgehead atoms. The van der Waals surface area contributed by atoms with E-state index in [9.17, 15) is 14.7 Å². The highest BCUT2D eigenvalue weighted by atomic mass is 32.1. The van der Waals surface area contributed by atoms with Crippen LogP contribution in [-0.4, -0.2) is 20.0 Å². The van der Waals surface area contributed by atoms with Gasteiger partial charge in [0, 0.05) is 17.0 Å². The van der Waals surface area contributed by atoms with Crippen LogP contribution in [0.3, 0.4) is 0 Å². The van der Waals surface area contributed by atoms with E-state index in [-0.39, 0.29) is 34.8 Å². The minimum atomic E-state index is -0.385. The SMILES string of the molecule is CC(=NCc1cccs1)c1c(O)n(C2CCCCC2)c(=O)n(C2CCCCC2)c1=O. The summed E-state index contributed by atoms with van der Waals surface area (Å²) in [6.45, 7) is 2.24. The summed E-state index contributed by atoms with van der Waals surface area (Å²) < 4.78 is 2.95. The molecule has 2 aromatic heterocycles. The number of nitrogens with zero attached hydrogens (tertiary/aromatic N) is 3. The molecular formula is C23H31N3O3S. The van der Waals surface area contributed by atoms with Crippen molar-refractivity contribution in [3.8, 4) is 5.88 Å². The van der Waals surface area contributed by atoms with Gasteiger partial charge in [-0.25, -0.2) is 4.79 Å². The molecule has 7 heteroatoms. The molecule has 0 atom stereocenters. The second-order valence-electron chi connectivity index (χ2n) is 8.59. The average Bonchev–Trinajstić information content (AvgIpc) is 3.27. The van der Waals surface area contributed by atoms with E-state index in [0.29, 0.717) is 12.3 Å². The number of rotatable bonds is 5. The summed E-state index contributed by atoms with van der Waals surface area (Å²) in [4.78, 5) is 32.6. The Labute approximate surface area is 180 Å². The maximum atomic E-state index is 13.5. The van der Waals surface area contributed by atoms with Crippen molar-refractivity contribution < 1.29 is 5.11 Å². The fourth-order valence-electron chi connectivity index (χ4n) is 4.95. The molecule has 0 spiro atoms. The second-order valence-corrected chi connectivity index (χ2v) is 9.62. The highest BCUT2D eigenvalue weighted by Gasteiger charge is 2.29. The van der Waals surface area contributed by atoms with Gasteiger partial charge in [0.25, 0.3) is 5.56 Å². The van der Waals surface area contributed by atoms with E-state index < -0.39 is 0 Å². The van der Waals surface area contributed by atoms with Gasteiger partial charge in [-0.3, -0.25) is 18.9 Å². The highest BCUT2D eigenvalue weighted by molar-refractivity contribution is 7.09. The first-order chi connectivity index (χ1) is 14.6. The molecule has 2 fully saturated rings. The summed E-state index contributed by atoms with van der Waals surface area (Å²) in [7, 11) is 0. The predicted octanol–water partition coefficient (Wildman–Crippen LogP) is 4.80. The summed E-state index contributed by atoms with van der Waals surface area (Å²) in [5, 5.41) is 13.1. The molecule has 0 unspecified atom stereocenters. The third-order valence-electron chi connectivity index (χ3n) is 6.59. The number of aromatic nitrogens is 2. The van der Waals surface area contributed by atoms with Gasteiger partial charge in [-0.15, -0.1) is 11.3 Å². The summed E-state index contributed by atoms with van der Waals surface area (Å²) in [6, 6.07) is 3.84. The van der Waals surface area contributed by atoms with Crippen molar-refractivity contribution >= 4 is 17.0 Å². The van der Waals surface area contributed by atoms with Gasteiger partial charge in [-0.1, -0.05) is 44.6 Å². The fraction of sp³-hybridized carbons (Fsp3) is 0.609. The Bertz CT molecular complexity index is 1010. The van der Waals surface area contributed by atoms with Gasteiger partial charge in [0.05, 0.1) is 12.3 Å². The number of hydrogen-bond acceptors (Lipinski definition) is 5. The normalized spacial score (nSPS) is 19.3. The van der Waals surface area contributed by atoms with Crippen molar-refractivity contribution in [2.75, 3.05) is 0 Å². The lowest BCUT2D eigenvalue weighted by atomic mass is 9.94. The third kappa shape index (κ3) is 4.17. The van der Waals surface area contributed by atoms with E-state index in [0.717, 1.165) is 69.1 Å².